The molecular weight excluding hydrogens is 372 g/mol. The van der Waals surface area contributed by atoms with Crippen LogP contribution < -0.4 is 20.3 Å². The Balaban J connectivity index is 1.42. The number of rotatable bonds is 7. The quantitative estimate of drug-likeness (QED) is 0.551. The van der Waals surface area contributed by atoms with Gasteiger partial charge in [-0.15, -0.1) is 0 Å². The van der Waals surface area contributed by atoms with E-state index in [1.54, 1.807) is 7.11 Å². The van der Waals surface area contributed by atoms with Crippen LogP contribution in [0.25, 0.3) is 0 Å². The van der Waals surface area contributed by atoms with Crippen molar-refractivity contribution in [1.82, 2.24) is 10.6 Å². The van der Waals surface area contributed by atoms with Gasteiger partial charge < -0.3 is 20.3 Å². The predicted molar refractivity (Wildman–Crippen MR) is 118 cm³/mol. The molecule has 2 aromatic rings. The minimum atomic E-state index is 0.583. The summed E-state index contributed by atoms with van der Waals surface area (Å²) in [6, 6.07) is 16.2. The van der Waals surface area contributed by atoms with Gasteiger partial charge >= 0.3 is 0 Å². The number of methoxy groups -OCH3 is 1. The van der Waals surface area contributed by atoms with Crippen LogP contribution in [0.5, 0.6) is 5.75 Å². The molecule has 0 bridgehead atoms. The van der Waals surface area contributed by atoms with Gasteiger partial charge in [0.25, 0.3) is 0 Å². The van der Waals surface area contributed by atoms with Crippen molar-refractivity contribution in [3.05, 3.63) is 59.1 Å². The van der Waals surface area contributed by atoms with Crippen molar-refractivity contribution < 1.29 is 4.74 Å². The highest BCUT2D eigenvalue weighted by Crippen LogP contribution is 2.31. The van der Waals surface area contributed by atoms with Crippen molar-refractivity contribution >= 4 is 23.2 Å². The van der Waals surface area contributed by atoms with Crippen molar-refractivity contribution in [2.45, 2.75) is 12.8 Å². The lowest BCUT2D eigenvalue weighted by Gasteiger charge is -2.21. The number of guanidine groups is 1. The number of nitrogens with zero attached hydrogens (tertiary/aromatic N) is 2. The summed E-state index contributed by atoms with van der Waals surface area (Å²) in [5, 5.41) is 7.63. The summed E-state index contributed by atoms with van der Waals surface area (Å²) in [6.07, 6.45) is 2.09. The summed E-state index contributed by atoms with van der Waals surface area (Å²) in [5.41, 5.74) is 2.44. The Labute approximate surface area is 172 Å². The average molecular weight is 401 g/mol. The minimum absolute atomic E-state index is 0.583. The van der Waals surface area contributed by atoms with Crippen LogP contribution in [0.4, 0.5) is 5.69 Å². The number of para-hydroxylation sites is 2. The topological polar surface area (TPSA) is 48.9 Å². The maximum atomic E-state index is 5.93. The number of ether oxygens (including phenoxy) is 1. The van der Waals surface area contributed by atoms with Crippen LogP contribution in [0.15, 0.2) is 53.5 Å². The Bertz CT molecular complexity index is 778. The summed E-state index contributed by atoms with van der Waals surface area (Å²) in [7, 11) is 3.54. The fourth-order valence-corrected chi connectivity index (χ4v) is 3.67. The monoisotopic (exact) mass is 400 g/mol. The first-order valence-corrected chi connectivity index (χ1v) is 10.1. The van der Waals surface area contributed by atoms with Crippen LogP contribution in [-0.2, 0) is 6.42 Å². The summed E-state index contributed by atoms with van der Waals surface area (Å²) in [6.45, 7) is 3.82. The second kappa shape index (κ2) is 10.2. The average Bonchev–Trinajstić information content (AvgIpc) is 3.20. The first-order chi connectivity index (χ1) is 13.7. The molecule has 1 aliphatic rings. The molecule has 1 atom stereocenters. The van der Waals surface area contributed by atoms with Crippen molar-refractivity contribution in [1.29, 1.82) is 0 Å². The van der Waals surface area contributed by atoms with Gasteiger partial charge in [-0.3, -0.25) is 4.99 Å². The van der Waals surface area contributed by atoms with E-state index in [9.17, 15) is 0 Å². The largest absolute Gasteiger partial charge is 0.495 e. The van der Waals surface area contributed by atoms with E-state index in [-0.39, 0.29) is 0 Å². The Morgan fingerprint density at radius 2 is 1.96 bits per heavy atom. The lowest BCUT2D eigenvalue weighted by molar-refractivity contribution is 0.414. The molecule has 28 heavy (non-hydrogen) atoms. The second-order valence-corrected chi connectivity index (χ2v) is 7.47. The highest BCUT2D eigenvalue weighted by Gasteiger charge is 2.24. The van der Waals surface area contributed by atoms with E-state index in [0.717, 1.165) is 55.8 Å². The first-order valence-electron chi connectivity index (χ1n) is 9.76. The van der Waals surface area contributed by atoms with Crippen molar-refractivity contribution in [3.8, 4) is 5.75 Å². The molecule has 2 N–H and O–H groups in total. The molecule has 0 saturated carbocycles. The van der Waals surface area contributed by atoms with E-state index in [4.69, 9.17) is 16.3 Å². The van der Waals surface area contributed by atoms with Gasteiger partial charge in [0, 0.05) is 38.2 Å². The molecule has 0 aliphatic carbocycles. The zero-order valence-corrected chi connectivity index (χ0v) is 17.4. The Kier molecular flexibility index (Phi) is 7.43. The fraction of sp³-hybridized carbons (Fsp3) is 0.409. The van der Waals surface area contributed by atoms with Crippen LogP contribution in [0.1, 0.15) is 12.0 Å². The van der Waals surface area contributed by atoms with Gasteiger partial charge in [-0.2, -0.15) is 0 Å². The number of aliphatic imine (C=N–C) groups is 1. The number of hydrogen-bond acceptors (Lipinski definition) is 3. The highest BCUT2D eigenvalue weighted by atomic mass is 35.5. The lowest BCUT2D eigenvalue weighted by Crippen LogP contribution is -2.41. The number of halogens is 1. The van der Waals surface area contributed by atoms with E-state index in [0.29, 0.717) is 5.92 Å². The molecule has 1 aliphatic heterocycles. The van der Waals surface area contributed by atoms with Gasteiger partial charge in [-0.25, -0.2) is 0 Å². The second-order valence-electron chi connectivity index (χ2n) is 7.03. The first kappa shape index (κ1) is 20.3. The zero-order valence-electron chi connectivity index (χ0n) is 16.6. The van der Waals surface area contributed by atoms with E-state index < -0.39 is 0 Å². The standard InChI is InChI=1S/C22H29ClN4O/c1-24-22(25-13-11-17-7-9-19(23)10-8-17)26-15-18-12-14-27(16-18)20-5-3-4-6-21(20)28-2/h3-10,18H,11-16H2,1-2H3,(H2,24,25,26). The highest BCUT2D eigenvalue weighted by molar-refractivity contribution is 6.30. The molecule has 5 nitrogen and oxygen atoms in total. The van der Waals surface area contributed by atoms with Crippen molar-refractivity contribution in [3.63, 3.8) is 0 Å². The van der Waals surface area contributed by atoms with E-state index in [1.165, 1.54) is 11.3 Å². The normalized spacial score (nSPS) is 16.9. The van der Waals surface area contributed by atoms with Crippen LogP contribution in [0, 0.1) is 5.92 Å². The molecule has 6 heteroatoms. The van der Waals surface area contributed by atoms with Crippen molar-refractivity contribution in [2.75, 3.05) is 45.2 Å². The third-order valence-electron chi connectivity index (χ3n) is 5.11. The van der Waals surface area contributed by atoms with Crippen LogP contribution in [0.3, 0.4) is 0 Å². The maximum absolute atomic E-state index is 5.93. The fourth-order valence-electron chi connectivity index (χ4n) is 3.55. The number of nitrogens with one attached hydrogen (secondary N) is 2. The van der Waals surface area contributed by atoms with Gasteiger partial charge in [0.15, 0.2) is 5.96 Å². The van der Waals surface area contributed by atoms with Crippen molar-refractivity contribution in [2.24, 2.45) is 10.9 Å². The predicted octanol–water partition coefficient (Wildman–Crippen LogP) is 3.58. The van der Waals surface area contributed by atoms with Crippen LogP contribution in [0.2, 0.25) is 5.02 Å². The number of anilines is 1. The molecule has 1 unspecified atom stereocenters. The minimum Gasteiger partial charge on any atom is -0.495 e. The number of benzene rings is 2. The SMILES string of the molecule is CN=C(NCCc1ccc(Cl)cc1)NCC1CCN(c2ccccc2OC)C1. The number of hydrogen-bond donors (Lipinski definition) is 2. The Morgan fingerprint density at radius 1 is 1.18 bits per heavy atom. The van der Waals surface area contributed by atoms with Gasteiger partial charge in [0.05, 0.1) is 12.8 Å². The van der Waals surface area contributed by atoms with Gasteiger partial charge in [0.2, 0.25) is 0 Å². The molecule has 1 heterocycles. The molecule has 3 rings (SSSR count). The molecule has 0 radical (unpaired) electrons. The maximum Gasteiger partial charge on any atom is 0.190 e. The van der Waals surface area contributed by atoms with E-state index >= 15 is 0 Å². The van der Waals surface area contributed by atoms with Crippen LogP contribution in [-0.4, -0.2) is 46.3 Å². The molecule has 1 fully saturated rings. The van der Waals surface area contributed by atoms with E-state index in [2.05, 4.69) is 44.8 Å². The smallest absolute Gasteiger partial charge is 0.190 e. The molecular formula is C22H29ClN4O. The summed E-state index contributed by atoms with van der Waals surface area (Å²) in [4.78, 5) is 6.74. The summed E-state index contributed by atoms with van der Waals surface area (Å²) < 4.78 is 5.50. The van der Waals surface area contributed by atoms with Gasteiger partial charge in [0.1, 0.15) is 5.75 Å². The molecule has 150 valence electrons. The Morgan fingerprint density at radius 3 is 2.71 bits per heavy atom. The summed E-state index contributed by atoms with van der Waals surface area (Å²) >= 11 is 5.93. The third-order valence-corrected chi connectivity index (χ3v) is 5.36. The molecule has 2 aromatic carbocycles. The molecule has 0 amide bonds. The zero-order chi connectivity index (χ0) is 19.8. The Hall–Kier alpha value is -2.40. The molecule has 0 spiro atoms. The lowest BCUT2D eigenvalue weighted by atomic mass is 10.1. The van der Waals surface area contributed by atoms with E-state index in [1.807, 2.05) is 31.3 Å². The van der Waals surface area contributed by atoms with Crippen LogP contribution >= 0.6 is 11.6 Å². The molecule has 1 saturated heterocycles. The third kappa shape index (κ3) is 5.55. The van der Waals surface area contributed by atoms with Gasteiger partial charge in [-0.05, 0) is 48.6 Å². The van der Waals surface area contributed by atoms with Gasteiger partial charge in [-0.1, -0.05) is 35.9 Å². The summed E-state index contributed by atoms with van der Waals surface area (Å²) in [5.74, 6) is 2.38. The molecule has 0 aromatic heterocycles.